The van der Waals surface area contributed by atoms with E-state index < -0.39 is 5.82 Å². The van der Waals surface area contributed by atoms with Crippen molar-refractivity contribution < 1.29 is 9.18 Å². The monoisotopic (exact) mass is 318 g/mol. The lowest BCUT2D eigenvalue weighted by Crippen LogP contribution is -2.09. The van der Waals surface area contributed by atoms with Gasteiger partial charge in [-0.05, 0) is 6.92 Å². The van der Waals surface area contributed by atoms with E-state index in [2.05, 4.69) is 20.9 Å². The lowest BCUT2D eigenvalue weighted by Gasteiger charge is -2.02. The van der Waals surface area contributed by atoms with E-state index in [1.807, 2.05) is 0 Å². The second kappa shape index (κ2) is 4.38. The molecule has 2 aromatic rings. The Bertz CT molecular complexity index is 609. The van der Waals surface area contributed by atoms with Gasteiger partial charge in [0, 0.05) is 18.8 Å². The van der Waals surface area contributed by atoms with Gasteiger partial charge in [0.15, 0.2) is 11.6 Å². The van der Waals surface area contributed by atoms with Gasteiger partial charge in [0.25, 0.3) is 0 Å². The number of aryl methyl sites for hydroxylation is 1. The average molecular weight is 320 g/mol. The summed E-state index contributed by atoms with van der Waals surface area (Å²) in [5.41, 5.74) is 0.697. The van der Waals surface area contributed by atoms with Gasteiger partial charge in [-0.1, -0.05) is 27.5 Å². The number of hydrogen-bond acceptors (Lipinski definition) is 2. The second-order valence-electron chi connectivity index (χ2n) is 3.75. The van der Waals surface area contributed by atoms with E-state index in [9.17, 15) is 9.18 Å². The Labute approximate surface area is 111 Å². The molecule has 1 unspecified atom stereocenters. The van der Waals surface area contributed by atoms with Crippen molar-refractivity contribution in [1.82, 2.24) is 9.55 Å². The molecule has 6 heteroatoms. The molecule has 0 fully saturated rings. The fourth-order valence-electron chi connectivity index (χ4n) is 1.68. The van der Waals surface area contributed by atoms with Crippen molar-refractivity contribution in [3.63, 3.8) is 0 Å². The largest absolute Gasteiger partial charge is 0.335 e. The second-order valence-corrected chi connectivity index (χ2v) is 5.53. The van der Waals surface area contributed by atoms with Crippen LogP contribution in [-0.4, -0.2) is 20.2 Å². The summed E-state index contributed by atoms with van der Waals surface area (Å²) in [6.45, 7) is 1.69. The molecular weight excluding hydrogens is 310 g/mol. The molecule has 0 amide bonds. The molecule has 2 aromatic heterocycles. The van der Waals surface area contributed by atoms with Crippen molar-refractivity contribution in [3.8, 4) is 0 Å². The van der Waals surface area contributed by atoms with Gasteiger partial charge < -0.3 is 4.57 Å². The Morgan fingerprint density at radius 1 is 1.65 bits per heavy atom. The number of pyridine rings is 1. The van der Waals surface area contributed by atoms with Crippen molar-refractivity contribution in [2.75, 3.05) is 0 Å². The topological polar surface area (TPSA) is 34.9 Å². The molecule has 0 N–H and O–H groups in total. The maximum absolute atomic E-state index is 13.9. The minimum absolute atomic E-state index is 0.0834. The zero-order valence-electron chi connectivity index (χ0n) is 9.17. The number of Topliss-reactive ketones (excluding diaryl/α,β-unsaturated/α-hetero) is 1. The summed E-state index contributed by atoms with van der Waals surface area (Å²) in [5.74, 6) is -0.799. The molecule has 0 aliphatic heterocycles. The highest BCUT2D eigenvalue weighted by molar-refractivity contribution is 9.10. The van der Waals surface area contributed by atoms with Crippen LogP contribution in [0.3, 0.4) is 0 Å². The number of carbonyl (C=O) groups is 1. The number of nitrogens with zero attached hydrogens (tertiary/aromatic N) is 2. The van der Waals surface area contributed by atoms with E-state index in [0.717, 1.165) is 0 Å². The molecule has 3 nitrogen and oxygen atoms in total. The predicted molar refractivity (Wildman–Crippen MR) is 68.4 cm³/mol. The van der Waals surface area contributed by atoms with Gasteiger partial charge in [0.2, 0.25) is 0 Å². The van der Waals surface area contributed by atoms with E-state index in [1.54, 1.807) is 24.7 Å². The average Bonchev–Trinajstić information content (AvgIpc) is 2.60. The van der Waals surface area contributed by atoms with Crippen molar-refractivity contribution in [3.05, 3.63) is 28.8 Å². The van der Waals surface area contributed by atoms with Gasteiger partial charge in [-0.15, -0.1) is 0 Å². The Hall–Kier alpha value is -0.940. The number of hydrogen-bond donors (Lipinski definition) is 0. The maximum Gasteiger partial charge on any atom is 0.178 e. The van der Waals surface area contributed by atoms with Crippen LogP contribution in [0, 0.1) is 5.82 Å². The molecule has 0 aliphatic rings. The number of aromatic nitrogens is 2. The van der Waals surface area contributed by atoms with Gasteiger partial charge >= 0.3 is 0 Å². The normalized spacial score (nSPS) is 13.0. The molecule has 0 aromatic carbocycles. The maximum atomic E-state index is 13.9. The highest BCUT2D eigenvalue weighted by Gasteiger charge is 2.22. The zero-order chi connectivity index (χ0) is 12.7. The highest BCUT2D eigenvalue weighted by Crippen LogP contribution is 2.28. The lowest BCUT2D eigenvalue weighted by atomic mass is 10.1. The van der Waals surface area contributed by atoms with Gasteiger partial charge in [0.1, 0.15) is 5.65 Å². The zero-order valence-corrected chi connectivity index (χ0v) is 11.5. The summed E-state index contributed by atoms with van der Waals surface area (Å²) in [5, 5.41) is 0.0938. The van der Waals surface area contributed by atoms with E-state index in [1.165, 1.54) is 6.20 Å². The van der Waals surface area contributed by atoms with Crippen LogP contribution in [0.2, 0.25) is 5.02 Å². The number of ketones is 1. The molecule has 0 saturated carbocycles. The molecule has 0 spiro atoms. The third-order valence-electron chi connectivity index (χ3n) is 2.51. The summed E-state index contributed by atoms with van der Waals surface area (Å²) in [6.07, 6.45) is 2.81. The number of halogens is 3. The van der Waals surface area contributed by atoms with Crippen molar-refractivity contribution in [1.29, 1.82) is 0 Å². The predicted octanol–water partition coefficient (Wildman–Crippen LogP) is 3.33. The molecule has 2 heterocycles. The first-order chi connectivity index (χ1) is 7.93. The third kappa shape index (κ3) is 1.98. The first-order valence-electron chi connectivity index (χ1n) is 4.90. The van der Waals surface area contributed by atoms with Crippen LogP contribution in [0.15, 0.2) is 12.4 Å². The molecule has 0 aliphatic carbocycles. The number of rotatable bonds is 2. The van der Waals surface area contributed by atoms with Crippen LogP contribution in [0.1, 0.15) is 17.3 Å². The molecular formula is C11H9BrClFN2O. The van der Waals surface area contributed by atoms with Crippen molar-refractivity contribution in [2.24, 2.45) is 7.05 Å². The van der Waals surface area contributed by atoms with Gasteiger partial charge in [-0.2, -0.15) is 0 Å². The van der Waals surface area contributed by atoms with Crippen LogP contribution in [-0.2, 0) is 7.05 Å². The number of alkyl halides is 1. The Balaban J connectivity index is 2.81. The van der Waals surface area contributed by atoms with E-state index in [-0.39, 0.29) is 21.0 Å². The van der Waals surface area contributed by atoms with E-state index in [0.29, 0.717) is 11.2 Å². The quantitative estimate of drug-likeness (QED) is 0.628. The standard InChI is InChI=1S/C11H9BrClFN2O/c1-5(12)10(17)6-4-16(2)11-8(6)9(14)7(13)3-15-11/h3-5H,1-2H3. The number of fused-ring (bicyclic) bond motifs is 1. The minimum Gasteiger partial charge on any atom is -0.335 e. The summed E-state index contributed by atoms with van der Waals surface area (Å²) in [7, 11) is 1.71. The molecule has 2 rings (SSSR count). The first-order valence-corrected chi connectivity index (χ1v) is 6.20. The molecule has 90 valence electrons. The molecule has 17 heavy (non-hydrogen) atoms. The van der Waals surface area contributed by atoms with Gasteiger partial charge in [0.05, 0.1) is 21.4 Å². The van der Waals surface area contributed by atoms with Crippen LogP contribution in [0.25, 0.3) is 11.0 Å². The third-order valence-corrected chi connectivity index (χ3v) is 3.19. The number of carbonyl (C=O) groups excluding carboxylic acids is 1. The van der Waals surface area contributed by atoms with Crippen LogP contribution < -0.4 is 0 Å². The fraction of sp³-hybridized carbons (Fsp3) is 0.273. The molecule has 0 radical (unpaired) electrons. The minimum atomic E-state index is -0.603. The summed E-state index contributed by atoms with van der Waals surface area (Å²) < 4.78 is 15.6. The van der Waals surface area contributed by atoms with Crippen molar-refractivity contribution >= 4 is 44.3 Å². The SMILES string of the molecule is CC(Br)C(=O)c1cn(C)c2ncc(Cl)c(F)c12. The van der Waals surface area contributed by atoms with Crippen LogP contribution in [0.4, 0.5) is 4.39 Å². The summed E-state index contributed by atoms with van der Waals surface area (Å²) in [4.78, 5) is 15.6. The Morgan fingerprint density at radius 2 is 2.29 bits per heavy atom. The fourth-order valence-corrected chi connectivity index (χ4v) is 2.07. The molecule has 0 saturated heterocycles. The highest BCUT2D eigenvalue weighted by atomic mass is 79.9. The van der Waals surface area contributed by atoms with Crippen LogP contribution in [0.5, 0.6) is 0 Å². The lowest BCUT2D eigenvalue weighted by molar-refractivity contribution is 0.0997. The Morgan fingerprint density at radius 3 is 2.88 bits per heavy atom. The molecule has 0 bridgehead atoms. The smallest absolute Gasteiger partial charge is 0.178 e. The molecule has 1 atom stereocenters. The van der Waals surface area contributed by atoms with Gasteiger partial charge in [-0.25, -0.2) is 9.37 Å². The first kappa shape index (κ1) is 12.5. The van der Waals surface area contributed by atoms with E-state index in [4.69, 9.17) is 11.6 Å². The summed E-state index contributed by atoms with van der Waals surface area (Å²) >= 11 is 8.86. The van der Waals surface area contributed by atoms with Gasteiger partial charge in [-0.3, -0.25) is 4.79 Å². The Kier molecular flexibility index (Phi) is 3.23. The summed E-state index contributed by atoms with van der Waals surface area (Å²) in [6, 6.07) is 0. The van der Waals surface area contributed by atoms with Crippen LogP contribution >= 0.6 is 27.5 Å². The van der Waals surface area contributed by atoms with E-state index >= 15 is 0 Å². The van der Waals surface area contributed by atoms with Crippen molar-refractivity contribution in [2.45, 2.75) is 11.8 Å².